The smallest absolute Gasteiger partial charge is 0.271 e. The van der Waals surface area contributed by atoms with Crippen LogP contribution in [-0.2, 0) is 0 Å². The second kappa shape index (κ2) is 5.53. The fourth-order valence-corrected chi connectivity index (χ4v) is 1.53. The highest BCUT2D eigenvalue weighted by molar-refractivity contribution is 6.30. The maximum absolute atomic E-state index is 11.3. The Hall–Kier alpha value is -2.34. The molecule has 0 fully saturated rings. The van der Waals surface area contributed by atoms with Gasteiger partial charge in [0.2, 0.25) is 5.88 Å². The molecular formula is C12H11ClN4O2. The third kappa shape index (κ3) is 3.11. The molecule has 0 radical (unpaired) electrons. The summed E-state index contributed by atoms with van der Waals surface area (Å²) in [4.78, 5) is 11.3. The summed E-state index contributed by atoms with van der Waals surface area (Å²) >= 11 is 5.78. The molecule has 0 aliphatic rings. The van der Waals surface area contributed by atoms with Gasteiger partial charge in [0, 0.05) is 18.1 Å². The van der Waals surface area contributed by atoms with Crippen LogP contribution in [0.5, 0.6) is 11.6 Å². The minimum absolute atomic E-state index is 0.207. The van der Waals surface area contributed by atoms with E-state index in [1.807, 2.05) is 0 Å². The number of anilines is 1. The molecule has 1 aromatic heterocycles. The van der Waals surface area contributed by atoms with Crippen LogP contribution in [0.2, 0.25) is 5.02 Å². The maximum atomic E-state index is 11.3. The van der Waals surface area contributed by atoms with Gasteiger partial charge in [-0.1, -0.05) is 11.6 Å². The highest BCUT2D eigenvalue weighted by Crippen LogP contribution is 2.28. The zero-order valence-electron chi connectivity index (χ0n) is 10.1. The molecule has 1 heterocycles. The lowest BCUT2D eigenvalue weighted by molar-refractivity contribution is 0.0957. The fraction of sp³-hybridized carbons (Fsp3) is 0.0833. The molecule has 98 valence electrons. The number of aromatic nitrogens is 2. The van der Waals surface area contributed by atoms with Crippen molar-refractivity contribution in [2.75, 3.05) is 12.8 Å². The number of hydrogen-bond acceptors (Lipinski definition) is 5. The summed E-state index contributed by atoms with van der Waals surface area (Å²) in [5.74, 6) is 0.345. The summed E-state index contributed by atoms with van der Waals surface area (Å²) in [6, 6.07) is 7.90. The first-order valence-electron chi connectivity index (χ1n) is 5.39. The molecule has 7 heteroatoms. The topological polar surface area (TPSA) is 90.1 Å². The quantitative estimate of drug-likeness (QED) is 0.837. The van der Waals surface area contributed by atoms with Crippen molar-refractivity contribution in [2.45, 2.75) is 0 Å². The van der Waals surface area contributed by atoms with Gasteiger partial charge < -0.3 is 15.8 Å². The number of halogens is 1. The number of carbonyl (C=O) groups excluding carboxylic acids is 1. The third-order valence-corrected chi connectivity index (χ3v) is 2.52. The second-order valence-electron chi connectivity index (χ2n) is 3.62. The van der Waals surface area contributed by atoms with Crippen LogP contribution >= 0.6 is 11.6 Å². The third-order valence-electron chi connectivity index (χ3n) is 2.29. The van der Waals surface area contributed by atoms with Crippen LogP contribution in [0, 0.1) is 0 Å². The fourth-order valence-electron chi connectivity index (χ4n) is 1.35. The number of amides is 1. The molecule has 0 saturated carbocycles. The Morgan fingerprint density at radius 1 is 1.32 bits per heavy atom. The van der Waals surface area contributed by atoms with Gasteiger partial charge in [-0.05, 0) is 24.3 Å². The van der Waals surface area contributed by atoms with E-state index >= 15 is 0 Å². The predicted octanol–water partition coefficient (Wildman–Crippen LogP) is 1.86. The van der Waals surface area contributed by atoms with E-state index in [0.29, 0.717) is 16.5 Å². The normalized spacial score (nSPS) is 10.0. The van der Waals surface area contributed by atoms with Gasteiger partial charge in [0.05, 0.1) is 5.69 Å². The molecule has 0 unspecified atom stereocenters. The zero-order valence-corrected chi connectivity index (χ0v) is 10.8. The molecule has 19 heavy (non-hydrogen) atoms. The summed E-state index contributed by atoms with van der Waals surface area (Å²) < 4.78 is 5.44. The van der Waals surface area contributed by atoms with Crippen molar-refractivity contribution < 1.29 is 9.53 Å². The van der Waals surface area contributed by atoms with Gasteiger partial charge in [-0.15, -0.1) is 10.2 Å². The van der Waals surface area contributed by atoms with Crippen LogP contribution in [0.3, 0.4) is 0 Å². The van der Waals surface area contributed by atoms with Gasteiger partial charge in [-0.2, -0.15) is 0 Å². The van der Waals surface area contributed by atoms with E-state index in [9.17, 15) is 4.79 Å². The molecule has 0 atom stereocenters. The van der Waals surface area contributed by atoms with Crippen molar-refractivity contribution in [1.82, 2.24) is 15.5 Å². The molecule has 2 rings (SSSR count). The Bertz CT molecular complexity index is 601. The van der Waals surface area contributed by atoms with E-state index in [0.717, 1.165) is 0 Å². The first kappa shape index (κ1) is 13.1. The Morgan fingerprint density at radius 3 is 2.68 bits per heavy atom. The molecule has 0 aliphatic heterocycles. The first-order chi connectivity index (χ1) is 9.10. The van der Waals surface area contributed by atoms with Crippen LogP contribution in [0.1, 0.15) is 10.5 Å². The predicted molar refractivity (Wildman–Crippen MR) is 71.4 cm³/mol. The molecule has 2 aromatic rings. The van der Waals surface area contributed by atoms with E-state index in [2.05, 4.69) is 15.5 Å². The Kier molecular flexibility index (Phi) is 3.82. The Morgan fingerprint density at radius 2 is 2.11 bits per heavy atom. The van der Waals surface area contributed by atoms with Gasteiger partial charge >= 0.3 is 0 Å². The van der Waals surface area contributed by atoms with E-state index in [1.165, 1.54) is 19.2 Å². The molecule has 1 amide bonds. The van der Waals surface area contributed by atoms with E-state index in [4.69, 9.17) is 22.1 Å². The number of benzene rings is 1. The van der Waals surface area contributed by atoms with E-state index in [-0.39, 0.29) is 17.5 Å². The SMILES string of the molecule is CNC(=O)c1ccc(Oc2ccc(Cl)cc2N)nn1. The van der Waals surface area contributed by atoms with Crippen molar-refractivity contribution in [1.29, 1.82) is 0 Å². The number of rotatable bonds is 3. The minimum atomic E-state index is -0.315. The molecule has 0 saturated heterocycles. The van der Waals surface area contributed by atoms with Crippen molar-refractivity contribution in [3.63, 3.8) is 0 Å². The van der Waals surface area contributed by atoms with Gasteiger partial charge in [0.15, 0.2) is 11.4 Å². The lowest BCUT2D eigenvalue weighted by atomic mass is 10.3. The summed E-state index contributed by atoms with van der Waals surface area (Å²) in [6.07, 6.45) is 0. The highest BCUT2D eigenvalue weighted by Gasteiger charge is 2.08. The zero-order chi connectivity index (χ0) is 13.8. The van der Waals surface area contributed by atoms with Crippen molar-refractivity contribution >= 4 is 23.2 Å². The molecule has 0 spiro atoms. The van der Waals surface area contributed by atoms with Crippen LogP contribution in [0.25, 0.3) is 0 Å². The first-order valence-corrected chi connectivity index (χ1v) is 5.76. The largest absolute Gasteiger partial charge is 0.435 e. The van der Waals surface area contributed by atoms with Gasteiger partial charge in [-0.3, -0.25) is 4.79 Å². The highest BCUT2D eigenvalue weighted by atomic mass is 35.5. The average Bonchev–Trinajstić information content (AvgIpc) is 2.42. The molecule has 6 nitrogen and oxygen atoms in total. The van der Waals surface area contributed by atoms with Crippen LogP contribution in [0.15, 0.2) is 30.3 Å². The molecule has 1 aromatic carbocycles. The van der Waals surface area contributed by atoms with Crippen molar-refractivity contribution in [2.24, 2.45) is 0 Å². The standard InChI is InChI=1S/C12H11ClN4O2/c1-15-12(18)9-3-5-11(17-16-9)19-10-4-2-7(13)6-8(10)14/h2-6H,14H2,1H3,(H,15,18). The number of carbonyl (C=O) groups is 1. The molecule has 0 bridgehead atoms. The lowest BCUT2D eigenvalue weighted by Gasteiger charge is -2.07. The number of nitrogens with one attached hydrogen (secondary N) is 1. The summed E-state index contributed by atoms with van der Waals surface area (Å²) in [5, 5.41) is 10.5. The number of nitrogens with two attached hydrogens (primary N) is 1. The van der Waals surface area contributed by atoms with Crippen molar-refractivity contribution in [3.05, 3.63) is 41.0 Å². The van der Waals surface area contributed by atoms with Crippen LogP contribution < -0.4 is 15.8 Å². The summed E-state index contributed by atoms with van der Waals surface area (Å²) in [7, 11) is 1.52. The van der Waals surface area contributed by atoms with Gasteiger partial charge in [0.1, 0.15) is 0 Å². The molecule has 0 aliphatic carbocycles. The monoisotopic (exact) mass is 278 g/mol. The summed E-state index contributed by atoms with van der Waals surface area (Å²) in [5.41, 5.74) is 6.35. The molecular weight excluding hydrogens is 268 g/mol. The summed E-state index contributed by atoms with van der Waals surface area (Å²) in [6.45, 7) is 0. The van der Waals surface area contributed by atoms with Gasteiger partial charge in [-0.25, -0.2) is 0 Å². The van der Waals surface area contributed by atoms with Crippen LogP contribution in [-0.4, -0.2) is 23.2 Å². The number of ether oxygens (including phenoxy) is 1. The van der Waals surface area contributed by atoms with E-state index < -0.39 is 0 Å². The average molecular weight is 279 g/mol. The number of nitrogens with zero attached hydrogens (tertiary/aromatic N) is 2. The van der Waals surface area contributed by atoms with E-state index in [1.54, 1.807) is 18.2 Å². The van der Waals surface area contributed by atoms with Crippen LogP contribution in [0.4, 0.5) is 5.69 Å². The lowest BCUT2D eigenvalue weighted by Crippen LogP contribution is -2.19. The minimum Gasteiger partial charge on any atom is -0.435 e. The number of nitrogen functional groups attached to an aromatic ring is 1. The maximum Gasteiger partial charge on any atom is 0.271 e. The Balaban J connectivity index is 2.17. The molecule has 3 N–H and O–H groups in total. The van der Waals surface area contributed by atoms with Gasteiger partial charge in [0.25, 0.3) is 5.91 Å². The second-order valence-corrected chi connectivity index (χ2v) is 4.06. The Labute approximate surface area is 114 Å². The number of hydrogen-bond donors (Lipinski definition) is 2. The van der Waals surface area contributed by atoms with Crippen molar-refractivity contribution in [3.8, 4) is 11.6 Å².